The molecule has 21 heavy (non-hydrogen) atoms. The average Bonchev–Trinajstić information content (AvgIpc) is 2.95. The Morgan fingerprint density at radius 2 is 1.86 bits per heavy atom. The molecule has 0 aliphatic heterocycles. The second-order valence-corrected chi connectivity index (χ2v) is 8.53. The summed E-state index contributed by atoms with van der Waals surface area (Å²) in [7, 11) is 0. The second kappa shape index (κ2) is 7.13. The highest BCUT2D eigenvalue weighted by atomic mass is 32.1. The standard InChI is InChI=1S/C20H30S/c1-3-4-16-6-8-17(9-7-16)18-10-12-19(13-11-18)20-14-5-15(2)21-20/h5,12,14,16-18H,3-4,6-11,13H2,1-2H3. The highest BCUT2D eigenvalue weighted by Crippen LogP contribution is 2.42. The molecule has 1 heterocycles. The van der Waals surface area contributed by atoms with E-state index in [1.807, 2.05) is 11.3 Å². The third-order valence-electron chi connectivity index (χ3n) is 5.76. The lowest BCUT2D eigenvalue weighted by molar-refractivity contribution is 0.189. The van der Waals surface area contributed by atoms with Gasteiger partial charge >= 0.3 is 0 Å². The summed E-state index contributed by atoms with van der Waals surface area (Å²) in [5.74, 6) is 3.06. The molecule has 0 N–H and O–H groups in total. The average molecular weight is 303 g/mol. The fraction of sp³-hybridized carbons (Fsp3) is 0.700. The Morgan fingerprint density at radius 3 is 2.43 bits per heavy atom. The minimum atomic E-state index is 0.984. The number of aryl methyl sites for hydroxylation is 1. The molecular weight excluding hydrogens is 272 g/mol. The van der Waals surface area contributed by atoms with Gasteiger partial charge in [0.05, 0.1) is 0 Å². The van der Waals surface area contributed by atoms with Crippen molar-refractivity contribution in [2.75, 3.05) is 0 Å². The van der Waals surface area contributed by atoms with E-state index in [4.69, 9.17) is 0 Å². The van der Waals surface area contributed by atoms with Crippen LogP contribution in [-0.2, 0) is 0 Å². The molecule has 116 valence electrons. The highest BCUT2D eigenvalue weighted by molar-refractivity contribution is 7.13. The summed E-state index contributed by atoms with van der Waals surface area (Å²) >= 11 is 1.97. The van der Waals surface area contributed by atoms with Crippen molar-refractivity contribution in [2.24, 2.45) is 17.8 Å². The Hall–Kier alpha value is -0.560. The van der Waals surface area contributed by atoms with Gasteiger partial charge in [0.1, 0.15) is 0 Å². The molecule has 2 aliphatic rings. The number of hydrogen-bond acceptors (Lipinski definition) is 1. The van der Waals surface area contributed by atoms with Crippen LogP contribution in [0.3, 0.4) is 0 Å². The van der Waals surface area contributed by atoms with Gasteiger partial charge in [0, 0.05) is 9.75 Å². The van der Waals surface area contributed by atoms with Gasteiger partial charge in [-0.15, -0.1) is 11.3 Å². The molecule has 0 nitrogen and oxygen atoms in total. The van der Waals surface area contributed by atoms with Crippen molar-refractivity contribution in [1.82, 2.24) is 0 Å². The maximum absolute atomic E-state index is 2.57. The molecule has 1 saturated carbocycles. The number of allylic oxidation sites excluding steroid dienone is 2. The zero-order valence-electron chi connectivity index (χ0n) is 13.7. The normalized spacial score (nSPS) is 30.2. The van der Waals surface area contributed by atoms with Gasteiger partial charge in [-0.2, -0.15) is 0 Å². The Labute approximate surface area is 134 Å². The van der Waals surface area contributed by atoms with Crippen LogP contribution in [0.15, 0.2) is 18.2 Å². The molecule has 0 spiro atoms. The molecule has 1 aromatic rings. The lowest BCUT2D eigenvalue weighted by Crippen LogP contribution is -2.23. The van der Waals surface area contributed by atoms with E-state index < -0.39 is 0 Å². The highest BCUT2D eigenvalue weighted by Gasteiger charge is 2.28. The molecule has 1 unspecified atom stereocenters. The predicted octanol–water partition coefficient (Wildman–Crippen LogP) is 6.85. The summed E-state index contributed by atoms with van der Waals surface area (Å²) in [4.78, 5) is 2.97. The minimum absolute atomic E-state index is 0.984. The molecule has 1 heteroatoms. The lowest BCUT2D eigenvalue weighted by Gasteiger charge is -2.35. The summed E-state index contributed by atoms with van der Waals surface area (Å²) < 4.78 is 0. The molecule has 1 aromatic heterocycles. The third-order valence-corrected chi connectivity index (χ3v) is 6.84. The third kappa shape index (κ3) is 3.80. The van der Waals surface area contributed by atoms with E-state index in [0.29, 0.717) is 0 Å². The quantitative estimate of drug-likeness (QED) is 0.570. The number of rotatable bonds is 4. The fourth-order valence-electron chi connectivity index (χ4n) is 4.47. The van der Waals surface area contributed by atoms with Gasteiger partial charge in [-0.3, -0.25) is 0 Å². The summed E-state index contributed by atoms with van der Waals surface area (Å²) in [5.41, 5.74) is 1.63. The first-order valence-electron chi connectivity index (χ1n) is 9.02. The first-order valence-corrected chi connectivity index (χ1v) is 9.83. The van der Waals surface area contributed by atoms with Gasteiger partial charge in [0.2, 0.25) is 0 Å². The molecule has 0 amide bonds. The molecule has 2 aliphatic carbocycles. The van der Waals surface area contributed by atoms with Gasteiger partial charge < -0.3 is 0 Å². The van der Waals surface area contributed by atoms with Crippen LogP contribution < -0.4 is 0 Å². The second-order valence-electron chi connectivity index (χ2n) is 7.24. The lowest BCUT2D eigenvalue weighted by atomic mass is 9.71. The van der Waals surface area contributed by atoms with Gasteiger partial charge in [0.15, 0.2) is 0 Å². The topological polar surface area (TPSA) is 0 Å². The van der Waals surface area contributed by atoms with Crippen LogP contribution in [-0.4, -0.2) is 0 Å². The summed E-state index contributed by atoms with van der Waals surface area (Å²) in [6.45, 7) is 4.56. The zero-order valence-corrected chi connectivity index (χ0v) is 14.6. The van der Waals surface area contributed by atoms with Crippen molar-refractivity contribution < 1.29 is 0 Å². The molecule has 3 rings (SSSR count). The molecule has 1 atom stereocenters. The van der Waals surface area contributed by atoms with Crippen LogP contribution in [0.1, 0.15) is 74.5 Å². The van der Waals surface area contributed by atoms with Crippen molar-refractivity contribution in [3.63, 3.8) is 0 Å². The maximum atomic E-state index is 2.57. The van der Waals surface area contributed by atoms with Crippen LogP contribution in [0.2, 0.25) is 0 Å². The predicted molar refractivity (Wildman–Crippen MR) is 94.7 cm³/mol. The van der Waals surface area contributed by atoms with E-state index in [9.17, 15) is 0 Å². The van der Waals surface area contributed by atoms with Crippen LogP contribution in [0.4, 0.5) is 0 Å². The van der Waals surface area contributed by atoms with Crippen molar-refractivity contribution in [3.05, 3.63) is 28.0 Å². The monoisotopic (exact) mass is 302 g/mol. The van der Waals surface area contributed by atoms with Crippen LogP contribution in [0.25, 0.3) is 5.57 Å². The Bertz CT molecular complexity index is 474. The minimum Gasteiger partial charge on any atom is -0.141 e. The Balaban J connectivity index is 1.53. The van der Waals surface area contributed by atoms with Crippen molar-refractivity contribution >= 4 is 16.9 Å². The molecule has 0 aromatic carbocycles. The van der Waals surface area contributed by atoms with Gasteiger partial charge in [-0.05, 0) is 74.5 Å². The van der Waals surface area contributed by atoms with E-state index in [1.54, 1.807) is 5.57 Å². The smallest absolute Gasteiger partial charge is 0.0301 e. The SMILES string of the molecule is CCCC1CCC(C2CC=C(c3ccc(C)s3)CC2)CC1. The Kier molecular flexibility index (Phi) is 5.21. The van der Waals surface area contributed by atoms with E-state index in [-0.39, 0.29) is 0 Å². The van der Waals surface area contributed by atoms with Crippen molar-refractivity contribution in [3.8, 4) is 0 Å². The molecular formula is C20H30S. The van der Waals surface area contributed by atoms with E-state index in [2.05, 4.69) is 32.1 Å². The van der Waals surface area contributed by atoms with Gasteiger partial charge in [-0.25, -0.2) is 0 Å². The molecule has 0 saturated heterocycles. The van der Waals surface area contributed by atoms with E-state index >= 15 is 0 Å². The van der Waals surface area contributed by atoms with E-state index in [0.717, 1.165) is 17.8 Å². The van der Waals surface area contributed by atoms with Crippen LogP contribution in [0, 0.1) is 24.7 Å². The maximum Gasteiger partial charge on any atom is 0.0301 e. The molecule has 0 radical (unpaired) electrons. The number of thiophene rings is 1. The molecule has 0 bridgehead atoms. The first-order chi connectivity index (χ1) is 10.3. The zero-order chi connectivity index (χ0) is 14.7. The fourth-order valence-corrected chi connectivity index (χ4v) is 5.41. The van der Waals surface area contributed by atoms with Crippen molar-refractivity contribution in [2.45, 2.75) is 71.6 Å². The Morgan fingerprint density at radius 1 is 1.05 bits per heavy atom. The van der Waals surface area contributed by atoms with E-state index in [1.165, 1.54) is 67.5 Å². The summed E-state index contributed by atoms with van der Waals surface area (Å²) in [6.07, 6.45) is 15.6. The van der Waals surface area contributed by atoms with Crippen LogP contribution in [0.5, 0.6) is 0 Å². The van der Waals surface area contributed by atoms with Gasteiger partial charge in [-0.1, -0.05) is 38.7 Å². The van der Waals surface area contributed by atoms with Crippen LogP contribution >= 0.6 is 11.3 Å². The number of hydrogen-bond donors (Lipinski definition) is 0. The first kappa shape index (κ1) is 15.3. The largest absolute Gasteiger partial charge is 0.141 e. The molecule has 1 fully saturated rings. The summed E-state index contributed by atoms with van der Waals surface area (Å²) in [6, 6.07) is 4.59. The van der Waals surface area contributed by atoms with Gasteiger partial charge in [0.25, 0.3) is 0 Å². The van der Waals surface area contributed by atoms with Crippen molar-refractivity contribution in [1.29, 1.82) is 0 Å². The summed E-state index contributed by atoms with van der Waals surface area (Å²) in [5, 5.41) is 0.